The number of H-pyrrole nitrogens is 1. The normalized spacial score (nSPS) is 13.4. The summed E-state index contributed by atoms with van der Waals surface area (Å²) in [6.45, 7) is 8.16. The van der Waals surface area contributed by atoms with Crippen molar-refractivity contribution in [3.8, 4) is 5.75 Å². The first-order valence-corrected chi connectivity index (χ1v) is 25.7. The van der Waals surface area contributed by atoms with Gasteiger partial charge >= 0.3 is 22.5 Å². The molecule has 0 aliphatic heterocycles. The van der Waals surface area contributed by atoms with Gasteiger partial charge < -0.3 is 56.2 Å². The third-order valence-electron chi connectivity index (χ3n) is 11.3. The van der Waals surface area contributed by atoms with Gasteiger partial charge in [0, 0.05) is 36.4 Å². The molecule has 74 heavy (non-hydrogen) atoms. The zero-order valence-electron chi connectivity index (χ0n) is 42.2. The Labute approximate surface area is 430 Å². The number of aromatic nitrogens is 1. The number of aromatic amines is 1. The average Bonchev–Trinajstić information content (AvgIpc) is 3.74. The number of ether oxygens (including phenoxy) is 1. The highest BCUT2D eigenvalue weighted by molar-refractivity contribution is 7.81. The predicted molar refractivity (Wildman–Crippen MR) is 272 cm³/mol. The number of carboxylic acids is 1. The number of carboxylic acid groups (broad SMARTS) is 1. The van der Waals surface area contributed by atoms with Crippen LogP contribution in [0.5, 0.6) is 5.75 Å². The molecule has 402 valence electrons. The first-order chi connectivity index (χ1) is 35.0. The number of nitrogens with one attached hydrogen (secondary N) is 8. The molecule has 0 saturated carbocycles. The van der Waals surface area contributed by atoms with E-state index in [1.54, 1.807) is 33.0 Å². The number of hydrogen-bond donors (Lipinski definition) is 10. The van der Waals surface area contributed by atoms with Crippen LogP contribution in [0, 0.1) is 0 Å². The molecule has 0 saturated heterocycles. The monoisotopic (exact) mass is 1050 g/mol. The Balaban J connectivity index is 1.50. The van der Waals surface area contributed by atoms with Gasteiger partial charge in [-0.3, -0.25) is 38.1 Å². The van der Waals surface area contributed by atoms with E-state index in [2.05, 4.69) is 46.4 Å². The highest BCUT2D eigenvalue weighted by Gasteiger charge is 2.32. The van der Waals surface area contributed by atoms with E-state index in [0.29, 0.717) is 43.2 Å². The second-order valence-corrected chi connectivity index (χ2v) is 19.6. The number of carbonyl (C=O) groups excluding carboxylic acids is 7. The summed E-state index contributed by atoms with van der Waals surface area (Å²) in [4.78, 5) is 110. The summed E-state index contributed by atoms with van der Waals surface area (Å²) in [6, 6.07) is 15.1. The number of carbonyl (C=O) groups is 8. The number of rotatable bonds is 29. The van der Waals surface area contributed by atoms with E-state index in [1.165, 1.54) is 24.3 Å². The first-order valence-electron chi connectivity index (χ1n) is 24.4. The van der Waals surface area contributed by atoms with Crippen molar-refractivity contribution in [3.63, 3.8) is 0 Å². The Morgan fingerprint density at radius 1 is 0.635 bits per heavy atom. The Kier molecular flexibility index (Phi) is 22.9. The van der Waals surface area contributed by atoms with Crippen LogP contribution < -0.4 is 41.4 Å². The summed E-state index contributed by atoms with van der Waals surface area (Å²) in [5.41, 5.74) is 1.77. The molecule has 0 bridgehead atoms. The van der Waals surface area contributed by atoms with E-state index in [1.807, 2.05) is 62.4 Å². The fraction of sp³-hybridized carbons (Fsp3) is 0.451. The number of fused-ring (bicyclic) bond motifs is 1. The number of alkyl carbamates (subject to hydrolysis) is 1. The maximum Gasteiger partial charge on any atom is 0.446 e. The number of amides is 7. The molecule has 1 aromatic heterocycles. The molecule has 0 fully saturated rings. The second kappa shape index (κ2) is 28.6. The molecule has 0 spiro atoms. The minimum Gasteiger partial charge on any atom is -0.481 e. The van der Waals surface area contributed by atoms with Gasteiger partial charge in [-0.05, 0) is 74.9 Å². The number of aliphatic carboxylic acids is 1. The van der Waals surface area contributed by atoms with Crippen LogP contribution in [0.4, 0.5) is 4.79 Å². The van der Waals surface area contributed by atoms with Crippen LogP contribution in [0.3, 0.4) is 0 Å². The summed E-state index contributed by atoms with van der Waals surface area (Å²) < 4.78 is 41.3. The molecule has 4 aromatic rings. The molecule has 1 heterocycles. The lowest BCUT2D eigenvalue weighted by Gasteiger charge is -2.26. The minimum absolute atomic E-state index is 0.0282. The van der Waals surface area contributed by atoms with E-state index in [-0.39, 0.29) is 37.9 Å². The molecule has 4 rings (SSSR count). The van der Waals surface area contributed by atoms with E-state index < -0.39 is 107 Å². The van der Waals surface area contributed by atoms with Crippen LogP contribution in [0.15, 0.2) is 85.1 Å². The minimum atomic E-state index is -4.81. The van der Waals surface area contributed by atoms with Gasteiger partial charge in [0.1, 0.15) is 41.6 Å². The molecular weight excluding hydrogens is 981 g/mol. The maximum absolute atomic E-state index is 14.2. The molecule has 0 unspecified atom stereocenters. The van der Waals surface area contributed by atoms with Crippen LogP contribution in [0.25, 0.3) is 10.9 Å². The van der Waals surface area contributed by atoms with Crippen LogP contribution in [0.1, 0.15) is 103 Å². The Morgan fingerprint density at radius 2 is 1.18 bits per heavy atom. The smallest absolute Gasteiger partial charge is 0.446 e. The van der Waals surface area contributed by atoms with E-state index in [0.717, 1.165) is 16.5 Å². The third kappa shape index (κ3) is 20.9. The first kappa shape index (κ1) is 59.0. The largest absolute Gasteiger partial charge is 0.481 e. The standard InChI is InChI=1S/C51H68N8O14S/c1-6-8-18-38(56-48(66)40(59-50(68)72-51(3,4)5)27-33-21-24-35(25-22-33)73-74(69,70)71)45(63)53-31-54-46(64)41(28-34-30-52-37-20-14-13-17-36(34)37)58-47(65)39(19-9-7-2)57-49(67)42(29-44(61)62)55-43(60)26-23-32-15-11-10-12-16-32/h10-17,20-22,24-25,30,38-42,52H,6-9,18-19,23,26-29,31H2,1-5H3,(H,53,63)(H,54,64)(H,55,60)(H,56,66)(H,57,67)(H,58,65)(H,59,68)(H,61,62)(H,69,70,71)/t38-,39-,40-,41-,42-/m0/s1. The van der Waals surface area contributed by atoms with Crippen molar-refractivity contribution in [2.75, 3.05) is 6.67 Å². The fourth-order valence-electron chi connectivity index (χ4n) is 7.62. The zero-order valence-corrected chi connectivity index (χ0v) is 43.0. The number of benzene rings is 3. The molecule has 5 atom stereocenters. The molecule has 3 aromatic carbocycles. The fourth-order valence-corrected chi connectivity index (χ4v) is 7.97. The maximum atomic E-state index is 14.2. The Hall–Kier alpha value is -7.53. The molecule has 23 heteroatoms. The van der Waals surface area contributed by atoms with E-state index in [4.69, 9.17) is 9.29 Å². The molecular formula is C51H68N8O14S. The summed E-state index contributed by atoms with van der Waals surface area (Å²) in [5, 5.41) is 28.7. The highest BCUT2D eigenvalue weighted by Crippen LogP contribution is 2.20. The molecule has 0 aliphatic carbocycles. The highest BCUT2D eigenvalue weighted by atomic mass is 32.3. The van der Waals surface area contributed by atoms with Gasteiger partial charge in [-0.15, -0.1) is 0 Å². The number of para-hydroxylation sites is 1. The SMILES string of the molecule is CCCC[C@H](NC(=O)[C@H](Cc1ccc(OS(=O)(=O)O)cc1)NC(=O)OC(C)(C)C)C(=O)NCNC(=O)[C@H](Cc1c[nH]c2ccccc12)NC(=O)[C@H](CCCC)NC(=O)[C@H](CC(=O)O)NC(=O)CCc1ccccc1. The predicted octanol–water partition coefficient (Wildman–Crippen LogP) is 3.65. The van der Waals surface area contributed by atoms with Gasteiger partial charge in [0.2, 0.25) is 35.4 Å². The molecule has 0 radical (unpaired) electrons. The summed E-state index contributed by atoms with van der Waals surface area (Å²) in [7, 11) is -4.81. The lowest BCUT2D eigenvalue weighted by molar-refractivity contribution is -0.141. The van der Waals surface area contributed by atoms with Crippen molar-refractivity contribution >= 4 is 68.8 Å². The number of aryl methyl sites for hydroxylation is 1. The Bertz CT molecular complexity index is 2660. The third-order valence-corrected chi connectivity index (χ3v) is 11.7. The molecule has 10 N–H and O–H groups in total. The molecule has 22 nitrogen and oxygen atoms in total. The lowest BCUT2D eigenvalue weighted by atomic mass is 10.0. The van der Waals surface area contributed by atoms with E-state index in [9.17, 15) is 51.9 Å². The van der Waals surface area contributed by atoms with E-state index >= 15 is 0 Å². The van der Waals surface area contributed by atoms with Gasteiger partial charge in [0.05, 0.1) is 13.1 Å². The van der Waals surface area contributed by atoms with Gasteiger partial charge in [-0.1, -0.05) is 100 Å². The molecule has 0 aliphatic rings. The average molecular weight is 1050 g/mol. The zero-order chi connectivity index (χ0) is 54.4. The van der Waals surface area contributed by atoms with Gasteiger partial charge in [-0.25, -0.2) is 4.79 Å². The Morgan fingerprint density at radius 3 is 1.77 bits per heavy atom. The second-order valence-electron chi connectivity index (χ2n) is 18.6. The summed E-state index contributed by atoms with van der Waals surface area (Å²) >= 11 is 0. The van der Waals surface area contributed by atoms with Crippen molar-refractivity contribution in [3.05, 3.63) is 102 Å². The lowest BCUT2D eigenvalue weighted by Crippen LogP contribution is -2.58. The topological polar surface area (TPSA) is 330 Å². The van der Waals surface area contributed by atoms with Crippen molar-refractivity contribution in [1.82, 2.24) is 42.2 Å². The number of hydrogen-bond acceptors (Lipinski definition) is 12. The van der Waals surface area contributed by atoms with Crippen LogP contribution >= 0.6 is 0 Å². The molecule has 7 amide bonds. The number of unbranched alkanes of at least 4 members (excludes halogenated alkanes) is 2. The quantitative estimate of drug-likeness (QED) is 0.0274. The van der Waals surface area contributed by atoms with Gasteiger partial charge in [0.15, 0.2) is 0 Å². The van der Waals surface area contributed by atoms with Crippen LogP contribution in [-0.4, -0.2) is 113 Å². The van der Waals surface area contributed by atoms with Crippen LogP contribution in [-0.2, 0) is 68.0 Å². The summed E-state index contributed by atoms with van der Waals surface area (Å²) in [5.74, 6) is -6.02. The van der Waals surface area contributed by atoms with Crippen molar-refractivity contribution < 1.29 is 65.4 Å². The van der Waals surface area contributed by atoms with Gasteiger partial charge in [-0.2, -0.15) is 8.42 Å². The van der Waals surface area contributed by atoms with Crippen molar-refractivity contribution in [1.29, 1.82) is 0 Å². The van der Waals surface area contributed by atoms with Crippen molar-refractivity contribution in [2.45, 2.75) is 141 Å². The summed E-state index contributed by atoms with van der Waals surface area (Å²) in [6.07, 6.45) is 2.52. The van der Waals surface area contributed by atoms with Crippen molar-refractivity contribution in [2.24, 2.45) is 0 Å². The van der Waals surface area contributed by atoms with Gasteiger partial charge in [0.25, 0.3) is 0 Å². The van der Waals surface area contributed by atoms with Crippen LogP contribution in [0.2, 0.25) is 0 Å².